The zero-order valence-corrected chi connectivity index (χ0v) is 10.5. The highest BCUT2D eigenvalue weighted by atomic mass is 16.5. The highest BCUT2D eigenvalue weighted by molar-refractivity contribution is 5.81. The predicted molar refractivity (Wildman–Crippen MR) is 64.4 cm³/mol. The third kappa shape index (κ3) is 4.49. The van der Waals surface area contributed by atoms with Gasteiger partial charge in [-0.15, -0.1) is 0 Å². The van der Waals surface area contributed by atoms with E-state index < -0.39 is 0 Å². The zero-order chi connectivity index (χ0) is 11.8. The van der Waals surface area contributed by atoms with Crippen LogP contribution in [0.3, 0.4) is 0 Å². The first kappa shape index (κ1) is 13.5. The number of nitrogens with one attached hydrogen (secondary N) is 1. The van der Waals surface area contributed by atoms with Crippen molar-refractivity contribution in [3.05, 3.63) is 0 Å². The summed E-state index contributed by atoms with van der Waals surface area (Å²) in [6.07, 6.45) is 4.53. The van der Waals surface area contributed by atoms with Crippen molar-refractivity contribution in [3.63, 3.8) is 0 Å². The van der Waals surface area contributed by atoms with E-state index in [9.17, 15) is 4.79 Å². The lowest BCUT2D eigenvalue weighted by atomic mass is 10.1. The Morgan fingerprint density at radius 3 is 2.69 bits per heavy atom. The van der Waals surface area contributed by atoms with Gasteiger partial charge in [-0.05, 0) is 39.2 Å². The molecule has 0 saturated carbocycles. The predicted octanol–water partition coefficient (Wildman–Crippen LogP) is 1.01. The minimum absolute atomic E-state index is 0.0602. The van der Waals surface area contributed by atoms with Gasteiger partial charge in [0.2, 0.25) is 5.91 Å². The smallest absolute Gasteiger partial charge is 0.239 e. The van der Waals surface area contributed by atoms with Crippen molar-refractivity contribution in [2.24, 2.45) is 0 Å². The quantitative estimate of drug-likeness (QED) is 0.690. The SMILES string of the molecule is COCCCNC(C)C(=O)N1CCCCC1. The fourth-order valence-corrected chi connectivity index (χ4v) is 2.01. The highest BCUT2D eigenvalue weighted by Gasteiger charge is 2.21. The Labute approximate surface area is 98.3 Å². The molecule has 4 nitrogen and oxygen atoms in total. The highest BCUT2D eigenvalue weighted by Crippen LogP contribution is 2.09. The van der Waals surface area contributed by atoms with Crippen LogP contribution in [0.25, 0.3) is 0 Å². The molecule has 0 aliphatic carbocycles. The maximum Gasteiger partial charge on any atom is 0.239 e. The number of carbonyl (C=O) groups is 1. The molecule has 16 heavy (non-hydrogen) atoms. The molecule has 1 aliphatic rings. The third-order valence-corrected chi connectivity index (χ3v) is 3.01. The van der Waals surface area contributed by atoms with Gasteiger partial charge in [0, 0.05) is 26.8 Å². The Balaban J connectivity index is 2.18. The topological polar surface area (TPSA) is 41.6 Å². The van der Waals surface area contributed by atoms with E-state index >= 15 is 0 Å². The van der Waals surface area contributed by atoms with Crippen molar-refractivity contribution >= 4 is 5.91 Å². The van der Waals surface area contributed by atoms with Crippen molar-refractivity contribution < 1.29 is 9.53 Å². The number of likely N-dealkylation sites (tertiary alicyclic amines) is 1. The van der Waals surface area contributed by atoms with Gasteiger partial charge in [-0.1, -0.05) is 0 Å². The second-order valence-corrected chi connectivity index (χ2v) is 4.41. The van der Waals surface area contributed by atoms with Crippen LogP contribution in [-0.2, 0) is 9.53 Å². The number of hydrogen-bond acceptors (Lipinski definition) is 3. The summed E-state index contributed by atoms with van der Waals surface area (Å²) >= 11 is 0. The Morgan fingerprint density at radius 2 is 2.06 bits per heavy atom. The Morgan fingerprint density at radius 1 is 1.38 bits per heavy atom. The number of piperidine rings is 1. The molecule has 94 valence electrons. The van der Waals surface area contributed by atoms with Crippen LogP contribution in [-0.4, -0.2) is 50.2 Å². The first-order valence-electron chi connectivity index (χ1n) is 6.27. The summed E-state index contributed by atoms with van der Waals surface area (Å²) in [5.74, 6) is 0.247. The van der Waals surface area contributed by atoms with E-state index in [0.29, 0.717) is 0 Å². The van der Waals surface area contributed by atoms with Crippen molar-refractivity contribution in [2.75, 3.05) is 33.4 Å². The molecule has 0 aromatic rings. The minimum atomic E-state index is -0.0602. The lowest BCUT2D eigenvalue weighted by Crippen LogP contribution is -2.47. The summed E-state index contributed by atoms with van der Waals surface area (Å²) in [7, 11) is 1.70. The number of carbonyl (C=O) groups excluding carboxylic acids is 1. The van der Waals surface area contributed by atoms with Crippen molar-refractivity contribution in [3.8, 4) is 0 Å². The van der Waals surface area contributed by atoms with E-state index in [1.54, 1.807) is 7.11 Å². The van der Waals surface area contributed by atoms with Gasteiger partial charge in [0.25, 0.3) is 0 Å². The summed E-state index contributed by atoms with van der Waals surface area (Å²) in [4.78, 5) is 14.0. The van der Waals surface area contributed by atoms with Crippen molar-refractivity contribution in [1.29, 1.82) is 0 Å². The van der Waals surface area contributed by atoms with Gasteiger partial charge >= 0.3 is 0 Å². The largest absolute Gasteiger partial charge is 0.385 e. The van der Waals surface area contributed by atoms with Crippen LogP contribution in [0, 0.1) is 0 Å². The molecule has 1 amide bonds. The molecule has 1 fully saturated rings. The second kappa shape index (κ2) is 7.63. The maximum absolute atomic E-state index is 12.0. The summed E-state index contributed by atoms with van der Waals surface area (Å²) in [5.41, 5.74) is 0. The number of amides is 1. The van der Waals surface area contributed by atoms with Crippen LogP contribution < -0.4 is 5.32 Å². The van der Waals surface area contributed by atoms with Crippen molar-refractivity contribution in [1.82, 2.24) is 10.2 Å². The number of rotatable bonds is 6. The van der Waals surface area contributed by atoms with E-state index in [1.165, 1.54) is 6.42 Å². The lowest BCUT2D eigenvalue weighted by Gasteiger charge is -2.29. The van der Waals surface area contributed by atoms with Crippen LogP contribution in [0.4, 0.5) is 0 Å². The molecule has 4 heteroatoms. The fraction of sp³-hybridized carbons (Fsp3) is 0.917. The molecule has 1 N–H and O–H groups in total. The summed E-state index contributed by atoms with van der Waals surface area (Å²) in [6, 6.07) is -0.0602. The van der Waals surface area contributed by atoms with E-state index in [-0.39, 0.29) is 11.9 Å². The molecule has 0 bridgehead atoms. The lowest BCUT2D eigenvalue weighted by molar-refractivity contribution is -0.133. The molecular formula is C12H24N2O2. The number of nitrogens with zero attached hydrogens (tertiary/aromatic N) is 1. The molecule has 0 aromatic heterocycles. The van der Waals surface area contributed by atoms with Gasteiger partial charge < -0.3 is 15.0 Å². The van der Waals surface area contributed by atoms with Crippen LogP contribution in [0.1, 0.15) is 32.6 Å². The standard InChI is InChI=1S/C12H24N2O2/c1-11(13-7-6-10-16-2)12(15)14-8-4-3-5-9-14/h11,13H,3-10H2,1-2H3. The first-order valence-corrected chi connectivity index (χ1v) is 6.27. The second-order valence-electron chi connectivity index (χ2n) is 4.41. The Hall–Kier alpha value is -0.610. The van der Waals surface area contributed by atoms with Gasteiger partial charge in [-0.2, -0.15) is 0 Å². The van der Waals surface area contributed by atoms with Crippen LogP contribution in [0.5, 0.6) is 0 Å². The fourth-order valence-electron chi connectivity index (χ4n) is 2.01. The van der Waals surface area contributed by atoms with Crippen LogP contribution in [0.2, 0.25) is 0 Å². The molecule has 1 rings (SSSR count). The number of ether oxygens (including phenoxy) is 1. The summed E-state index contributed by atoms with van der Waals surface area (Å²) in [5, 5.41) is 3.24. The van der Waals surface area contributed by atoms with Crippen molar-refractivity contribution in [2.45, 2.75) is 38.6 Å². The van der Waals surface area contributed by atoms with Gasteiger partial charge in [-0.3, -0.25) is 4.79 Å². The molecule has 0 spiro atoms. The van der Waals surface area contributed by atoms with Gasteiger partial charge in [0.15, 0.2) is 0 Å². The van der Waals surface area contributed by atoms with Gasteiger partial charge in [0.05, 0.1) is 6.04 Å². The molecule has 0 aromatic carbocycles. The third-order valence-electron chi connectivity index (χ3n) is 3.01. The summed E-state index contributed by atoms with van der Waals surface area (Å²) < 4.78 is 4.97. The Kier molecular flexibility index (Phi) is 6.42. The van der Waals surface area contributed by atoms with E-state index in [0.717, 1.165) is 45.5 Å². The molecule has 1 unspecified atom stereocenters. The monoisotopic (exact) mass is 228 g/mol. The van der Waals surface area contributed by atoms with E-state index in [2.05, 4.69) is 5.32 Å². The molecule has 1 aliphatic heterocycles. The molecule has 0 radical (unpaired) electrons. The minimum Gasteiger partial charge on any atom is -0.385 e. The normalized spacial score (nSPS) is 18.5. The first-order chi connectivity index (χ1) is 7.75. The number of hydrogen-bond donors (Lipinski definition) is 1. The number of methoxy groups -OCH3 is 1. The molecule has 1 saturated heterocycles. The maximum atomic E-state index is 12.0. The average Bonchev–Trinajstić information content (AvgIpc) is 2.34. The zero-order valence-electron chi connectivity index (χ0n) is 10.5. The van der Waals surface area contributed by atoms with Crippen LogP contribution >= 0.6 is 0 Å². The van der Waals surface area contributed by atoms with E-state index in [4.69, 9.17) is 4.74 Å². The van der Waals surface area contributed by atoms with Gasteiger partial charge in [-0.25, -0.2) is 0 Å². The summed E-state index contributed by atoms with van der Waals surface area (Å²) in [6.45, 7) is 5.40. The molecule has 1 heterocycles. The molecular weight excluding hydrogens is 204 g/mol. The molecule has 1 atom stereocenters. The average molecular weight is 228 g/mol. The van der Waals surface area contributed by atoms with Gasteiger partial charge in [0.1, 0.15) is 0 Å². The van der Waals surface area contributed by atoms with E-state index in [1.807, 2.05) is 11.8 Å². The Bertz CT molecular complexity index is 203. The van der Waals surface area contributed by atoms with Crippen LogP contribution in [0.15, 0.2) is 0 Å².